The van der Waals surface area contributed by atoms with Crippen molar-refractivity contribution in [2.45, 2.75) is 0 Å². The molecule has 0 aliphatic carbocycles. The second-order valence-electron chi connectivity index (χ2n) is 1.31. The number of hydrazine groups is 1. The smallest absolute Gasteiger partial charge is 0.218 e. The van der Waals surface area contributed by atoms with Crippen molar-refractivity contribution in [1.29, 1.82) is 0 Å². The lowest BCUT2D eigenvalue weighted by Crippen LogP contribution is -2.35. The molecule has 4 nitrogen and oxygen atoms in total. The van der Waals surface area contributed by atoms with Crippen molar-refractivity contribution in [2.24, 2.45) is 4.99 Å². The largest absolute Gasteiger partial charge is 0.269 e. The van der Waals surface area contributed by atoms with E-state index >= 15 is 0 Å². The molecule has 0 fully saturated rings. The molecule has 1 aliphatic rings. The van der Waals surface area contributed by atoms with Crippen molar-refractivity contribution in [2.75, 3.05) is 0 Å². The molecule has 1 aliphatic heterocycles. The zero-order valence-electron chi connectivity index (χ0n) is 4.17. The summed E-state index contributed by atoms with van der Waals surface area (Å²) in [5.41, 5.74) is 2.25. The molecule has 0 radical (unpaired) electrons. The second kappa shape index (κ2) is 2.43. The number of nitrogens with one attached hydrogen (secondary N) is 1. The predicted octanol–water partition coefficient (Wildman–Crippen LogP) is 0.828. The fourth-order valence-electron chi connectivity index (χ4n) is 0.375. The van der Waals surface area contributed by atoms with Gasteiger partial charge < -0.3 is 0 Å². The predicted molar refractivity (Wildman–Crippen MR) is 34.0 cm³/mol. The summed E-state index contributed by atoms with van der Waals surface area (Å²) in [5.74, 6) is 0. The number of hydrogen-bond donors (Lipinski definition) is 2. The zero-order chi connectivity index (χ0) is 6.85. The molecule has 9 heavy (non-hydrogen) atoms. The van der Waals surface area contributed by atoms with E-state index in [9.17, 15) is 0 Å². The summed E-state index contributed by atoms with van der Waals surface area (Å²) in [6, 6.07) is 0. The van der Waals surface area contributed by atoms with E-state index in [1.807, 2.05) is 0 Å². The van der Waals surface area contributed by atoms with Gasteiger partial charge in [0.05, 0.1) is 6.20 Å². The van der Waals surface area contributed by atoms with Gasteiger partial charge in [0, 0.05) is 0 Å². The van der Waals surface area contributed by atoms with Gasteiger partial charge in [-0.1, -0.05) is 11.6 Å². The molecule has 2 N–H and O–H groups in total. The Bertz CT molecular complexity index is 178. The van der Waals surface area contributed by atoms with Crippen LogP contribution in [-0.2, 0) is 0 Å². The van der Waals surface area contributed by atoms with Gasteiger partial charge in [-0.15, -0.1) is 0 Å². The van der Waals surface area contributed by atoms with Crippen molar-refractivity contribution < 1.29 is 5.21 Å². The third-order valence-corrected chi connectivity index (χ3v) is 0.992. The van der Waals surface area contributed by atoms with Gasteiger partial charge in [0.25, 0.3) is 0 Å². The minimum absolute atomic E-state index is 0.0324. The Labute approximate surface area is 61.3 Å². The van der Waals surface area contributed by atoms with E-state index in [4.69, 9.17) is 28.4 Å². The van der Waals surface area contributed by atoms with E-state index in [-0.39, 0.29) is 10.5 Å². The van der Waals surface area contributed by atoms with Crippen molar-refractivity contribution in [1.82, 2.24) is 10.6 Å². The fourth-order valence-corrected chi connectivity index (χ4v) is 0.773. The Hall–Kier alpha value is -0.450. The average Bonchev–Trinajstić information content (AvgIpc) is 1.59. The first kappa shape index (κ1) is 6.67. The first-order valence-corrected chi connectivity index (χ1v) is 2.80. The summed E-state index contributed by atoms with van der Waals surface area (Å²) in [4.78, 5) is 3.53. The summed E-state index contributed by atoms with van der Waals surface area (Å²) < 4.78 is 0. The molecule has 0 amide bonds. The van der Waals surface area contributed by atoms with Crippen LogP contribution in [0.3, 0.4) is 0 Å². The van der Waals surface area contributed by atoms with Crippen LogP contribution < -0.4 is 5.43 Å². The Morgan fingerprint density at radius 3 is 2.78 bits per heavy atom. The number of nitrogens with zero attached hydrogens (tertiary/aromatic N) is 2. The first-order valence-electron chi connectivity index (χ1n) is 2.05. The highest BCUT2D eigenvalue weighted by molar-refractivity contribution is 6.65. The zero-order valence-corrected chi connectivity index (χ0v) is 5.69. The molecule has 0 atom stereocenters. The Kier molecular flexibility index (Phi) is 1.80. The quantitative estimate of drug-likeness (QED) is 0.526. The maximum atomic E-state index is 8.65. The number of halogens is 2. The normalized spacial score (nSPS) is 18.3. The number of rotatable bonds is 0. The van der Waals surface area contributed by atoms with Gasteiger partial charge in [-0.2, -0.15) is 5.17 Å². The number of amidine groups is 1. The molecule has 1 heterocycles. The van der Waals surface area contributed by atoms with Crippen molar-refractivity contribution in [3.05, 3.63) is 11.4 Å². The molecule has 1 rings (SSSR count). The molecule has 0 saturated carbocycles. The summed E-state index contributed by atoms with van der Waals surface area (Å²) in [6.45, 7) is 0. The summed E-state index contributed by atoms with van der Waals surface area (Å²) >= 11 is 10.7. The van der Waals surface area contributed by atoms with Crippen LogP contribution in [0.1, 0.15) is 0 Å². The third kappa shape index (κ3) is 1.74. The molecule has 6 heteroatoms. The highest BCUT2D eigenvalue weighted by Crippen LogP contribution is 2.08. The minimum atomic E-state index is 0.0324. The Morgan fingerprint density at radius 2 is 2.33 bits per heavy atom. The monoisotopic (exact) mass is 167 g/mol. The molecular formula is C3H3Cl2N3O. The second-order valence-corrected chi connectivity index (χ2v) is 2.06. The van der Waals surface area contributed by atoms with Crippen molar-refractivity contribution >= 4 is 28.5 Å². The lowest BCUT2D eigenvalue weighted by atomic mass is 10.8. The van der Waals surface area contributed by atoms with Gasteiger partial charge in [-0.3, -0.25) is 5.21 Å². The fraction of sp³-hybridized carbons (Fsp3) is 0. The Balaban J connectivity index is 2.74. The van der Waals surface area contributed by atoms with Crippen LogP contribution in [0.4, 0.5) is 0 Å². The number of aliphatic imine (C=N–C) groups is 1. The van der Waals surface area contributed by atoms with E-state index in [1.54, 1.807) is 0 Å². The van der Waals surface area contributed by atoms with E-state index in [1.165, 1.54) is 6.20 Å². The molecule has 0 bridgehead atoms. The van der Waals surface area contributed by atoms with Crippen LogP contribution in [0.5, 0.6) is 0 Å². The van der Waals surface area contributed by atoms with E-state index in [0.717, 1.165) is 0 Å². The van der Waals surface area contributed by atoms with Crippen molar-refractivity contribution in [3.63, 3.8) is 0 Å². The van der Waals surface area contributed by atoms with E-state index < -0.39 is 0 Å². The minimum Gasteiger partial charge on any atom is -0.269 e. The number of hydroxylamine groups is 1. The highest BCUT2D eigenvalue weighted by Gasteiger charge is 2.05. The summed E-state index contributed by atoms with van der Waals surface area (Å²) in [6.07, 6.45) is 1.17. The van der Waals surface area contributed by atoms with E-state index in [0.29, 0.717) is 5.17 Å². The molecule has 0 unspecified atom stereocenters. The number of hydrogen-bond acceptors (Lipinski definition) is 4. The summed E-state index contributed by atoms with van der Waals surface area (Å²) in [5, 5.41) is 9.43. The summed E-state index contributed by atoms with van der Waals surface area (Å²) in [7, 11) is 0. The Morgan fingerprint density at radius 1 is 1.67 bits per heavy atom. The van der Waals surface area contributed by atoms with Gasteiger partial charge >= 0.3 is 0 Å². The standard InChI is InChI=1S/C3H3Cl2N3O/c4-2-1-8(9)7-3(5)6-2/h1,9H,(H,6,7). The average molecular weight is 168 g/mol. The molecular weight excluding hydrogens is 165 g/mol. The van der Waals surface area contributed by atoms with Crippen LogP contribution in [0.15, 0.2) is 16.3 Å². The molecule has 0 aromatic rings. The van der Waals surface area contributed by atoms with Crippen molar-refractivity contribution in [3.8, 4) is 0 Å². The lowest BCUT2D eigenvalue weighted by molar-refractivity contribution is -0.0690. The van der Waals surface area contributed by atoms with Crippen LogP contribution in [0.25, 0.3) is 0 Å². The van der Waals surface area contributed by atoms with Gasteiger partial charge in [-0.05, 0) is 11.6 Å². The maximum absolute atomic E-state index is 8.65. The molecule has 0 saturated heterocycles. The molecule has 0 aromatic carbocycles. The molecule has 0 aromatic heterocycles. The molecule has 50 valence electrons. The molecule has 0 spiro atoms. The van der Waals surface area contributed by atoms with Gasteiger partial charge in [0.2, 0.25) is 5.29 Å². The van der Waals surface area contributed by atoms with Gasteiger partial charge in [0.15, 0.2) is 5.16 Å². The lowest BCUT2D eigenvalue weighted by Gasteiger charge is -2.15. The maximum Gasteiger partial charge on any atom is 0.218 e. The topological polar surface area (TPSA) is 47.9 Å². The van der Waals surface area contributed by atoms with Crippen LogP contribution in [0.2, 0.25) is 0 Å². The van der Waals surface area contributed by atoms with Gasteiger partial charge in [0.1, 0.15) is 0 Å². The highest BCUT2D eigenvalue weighted by atomic mass is 35.5. The SMILES string of the molecule is ON1C=C(Cl)N=C(Cl)N1. The third-order valence-electron chi connectivity index (χ3n) is 0.641. The van der Waals surface area contributed by atoms with Crippen LogP contribution in [0, 0.1) is 0 Å². The van der Waals surface area contributed by atoms with Gasteiger partial charge in [-0.25, -0.2) is 10.4 Å². The van der Waals surface area contributed by atoms with Crippen LogP contribution >= 0.6 is 23.2 Å². The van der Waals surface area contributed by atoms with E-state index in [2.05, 4.69) is 10.4 Å². The first-order chi connectivity index (χ1) is 4.18. The van der Waals surface area contributed by atoms with Crippen LogP contribution in [-0.4, -0.2) is 15.7 Å².